The molecule has 0 spiro atoms. The molecule has 1 aromatic heterocycles. The summed E-state index contributed by atoms with van der Waals surface area (Å²) in [6.07, 6.45) is -0.466. The minimum Gasteiger partial charge on any atom is -0.481 e. The van der Waals surface area contributed by atoms with Crippen molar-refractivity contribution in [3.05, 3.63) is 17.3 Å². The van der Waals surface area contributed by atoms with Crippen molar-refractivity contribution in [2.24, 2.45) is 0 Å². The maximum absolute atomic E-state index is 12.7. The Morgan fingerprint density at radius 2 is 2.45 bits per heavy atom. The molecule has 0 aliphatic carbocycles. The third-order valence-corrected chi connectivity index (χ3v) is 1.17. The monoisotopic (exact) mass is 159 g/mol. The number of hydrogen-bond donors (Lipinski definition) is 1. The maximum Gasteiger partial charge on any atom is 0.311 e. The van der Waals surface area contributed by atoms with Crippen molar-refractivity contribution in [3.8, 4) is 0 Å². The zero-order valence-corrected chi connectivity index (χ0v) is 5.80. The van der Waals surface area contributed by atoms with Gasteiger partial charge >= 0.3 is 5.97 Å². The van der Waals surface area contributed by atoms with Gasteiger partial charge in [0.1, 0.15) is 12.1 Å². The first-order valence-corrected chi connectivity index (χ1v) is 2.93. The standard InChI is InChI=1S/C6H6FNO3/c1-3-6(7)4(11-8-3)2-5(9)10/h2H2,1H3,(H,9,10). The lowest BCUT2D eigenvalue weighted by atomic mass is 10.3. The van der Waals surface area contributed by atoms with Gasteiger partial charge in [0.05, 0.1) is 0 Å². The highest BCUT2D eigenvalue weighted by Crippen LogP contribution is 2.10. The van der Waals surface area contributed by atoms with Gasteiger partial charge in [-0.2, -0.15) is 0 Å². The van der Waals surface area contributed by atoms with Crippen molar-refractivity contribution >= 4 is 5.97 Å². The van der Waals surface area contributed by atoms with Gasteiger partial charge in [0.25, 0.3) is 0 Å². The molecule has 1 heterocycles. The summed E-state index contributed by atoms with van der Waals surface area (Å²) >= 11 is 0. The van der Waals surface area contributed by atoms with Crippen LogP contribution in [0.25, 0.3) is 0 Å². The van der Waals surface area contributed by atoms with Crippen LogP contribution in [-0.2, 0) is 11.2 Å². The van der Waals surface area contributed by atoms with E-state index in [-0.39, 0.29) is 11.5 Å². The lowest BCUT2D eigenvalue weighted by Crippen LogP contribution is -2.00. The van der Waals surface area contributed by atoms with Crippen LogP contribution in [0.5, 0.6) is 0 Å². The van der Waals surface area contributed by atoms with Crippen LogP contribution in [-0.4, -0.2) is 16.2 Å². The molecule has 0 aromatic carbocycles. The van der Waals surface area contributed by atoms with Gasteiger partial charge < -0.3 is 9.63 Å². The van der Waals surface area contributed by atoms with Crippen LogP contribution in [0.15, 0.2) is 4.52 Å². The van der Waals surface area contributed by atoms with Crippen molar-refractivity contribution in [1.82, 2.24) is 5.16 Å². The SMILES string of the molecule is Cc1noc(CC(=O)O)c1F. The van der Waals surface area contributed by atoms with Gasteiger partial charge in [-0.15, -0.1) is 0 Å². The first kappa shape index (κ1) is 7.71. The number of aliphatic carboxylic acids is 1. The van der Waals surface area contributed by atoms with Crippen molar-refractivity contribution in [2.45, 2.75) is 13.3 Å². The minimum absolute atomic E-state index is 0.0845. The number of hydrogen-bond acceptors (Lipinski definition) is 3. The number of carbonyl (C=O) groups is 1. The lowest BCUT2D eigenvalue weighted by Gasteiger charge is -1.86. The fourth-order valence-corrected chi connectivity index (χ4v) is 0.653. The third kappa shape index (κ3) is 1.54. The quantitative estimate of drug-likeness (QED) is 0.691. The van der Waals surface area contributed by atoms with Crippen molar-refractivity contribution < 1.29 is 18.8 Å². The normalized spacial score (nSPS) is 10.0. The second kappa shape index (κ2) is 2.69. The first-order valence-electron chi connectivity index (χ1n) is 2.93. The van der Waals surface area contributed by atoms with Crippen molar-refractivity contribution in [1.29, 1.82) is 0 Å². The van der Waals surface area contributed by atoms with Gasteiger partial charge in [-0.3, -0.25) is 4.79 Å². The molecule has 0 saturated heterocycles. The second-order valence-corrected chi connectivity index (χ2v) is 2.08. The molecular weight excluding hydrogens is 153 g/mol. The van der Waals surface area contributed by atoms with E-state index >= 15 is 0 Å². The Morgan fingerprint density at radius 1 is 1.82 bits per heavy atom. The zero-order valence-electron chi connectivity index (χ0n) is 5.80. The molecule has 1 aromatic rings. The molecular formula is C6H6FNO3. The molecule has 0 radical (unpaired) electrons. The van der Waals surface area contributed by atoms with Gasteiger partial charge in [0, 0.05) is 0 Å². The van der Waals surface area contributed by atoms with Gasteiger partial charge in [-0.25, -0.2) is 4.39 Å². The van der Waals surface area contributed by atoms with E-state index in [0.29, 0.717) is 0 Å². The number of rotatable bonds is 2. The number of aryl methyl sites for hydroxylation is 1. The first-order chi connectivity index (χ1) is 5.11. The fraction of sp³-hybridized carbons (Fsp3) is 0.333. The van der Waals surface area contributed by atoms with E-state index in [1.54, 1.807) is 0 Å². The molecule has 0 fully saturated rings. The Morgan fingerprint density at radius 3 is 2.82 bits per heavy atom. The summed E-state index contributed by atoms with van der Waals surface area (Å²) in [5, 5.41) is 11.5. The van der Waals surface area contributed by atoms with E-state index in [4.69, 9.17) is 5.11 Å². The van der Waals surface area contributed by atoms with Crippen LogP contribution in [0.2, 0.25) is 0 Å². The van der Waals surface area contributed by atoms with E-state index < -0.39 is 18.2 Å². The molecule has 0 unspecified atom stereocenters. The Bertz CT molecular complexity index is 281. The summed E-state index contributed by atoms with van der Waals surface area (Å²) in [4.78, 5) is 10.1. The van der Waals surface area contributed by atoms with E-state index in [1.165, 1.54) is 6.92 Å². The van der Waals surface area contributed by atoms with Gasteiger partial charge in [-0.05, 0) is 6.92 Å². The van der Waals surface area contributed by atoms with Crippen LogP contribution in [0.4, 0.5) is 4.39 Å². The molecule has 0 amide bonds. The summed E-state index contributed by atoms with van der Waals surface area (Å²) in [6, 6.07) is 0. The Kier molecular flexibility index (Phi) is 1.89. The maximum atomic E-state index is 12.7. The molecule has 0 atom stereocenters. The highest BCUT2D eigenvalue weighted by molar-refractivity contribution is 5.69. The van der Waals surface area contributed by atoms with E-state index in [0.717, 1.165) is 0 Å². The summed E-state index contributed by atoms with van der Waals surface area (Å²) < 4.78 is 17.1. The van der Waals surface area contributed by atoms with E-state index in [2.05, 4.69) is 9.68 Å². The molecule has 0 saturated carbocycles. The lowest BCUT2D eigenvalue weighted by molar-refractivity contribution is -0.136. The molecule has 0 aliphatic heterocycles. The Hall–Kier alpha value is -1.39. The molecule has 0 bridgehead atoms. The highest BCUT2D eigenvalue weighted by Gasteiger charge is 2.14. The Balaban J connectivity index is 2.87. The van der Waals surface area contributed by atoms with E-state index in [1.807, 2.05) is 0 Å². The molecule has 1 N–H and O–H groups in total. The largest absolute Gasteiger partial charge is 0.481 e. The van der Waals surface area contributed by atoms with Gasteiger partial charge in [0.15, 0.2) is 11.6 Å². The van der Waals surface area contributed by atoms with Crippen LogP contribution >= 0.6 is 0 Å². The molecule has 4 nitrogen and oxygen atoms in total. The van der Waals surface area contributed by atoms with Crippen molar-refractivity contribution in [2.75, 3.05) is 0 Å². The summed E-state index contributed by atoms with van der Waals surface area (Å²) in [5.74, 6) is -2.04. The van der Waals surface area contributed by atoms with Crippen LogP contribution in [0.1, 0.15) is 11.5 Å². The van der Waals surface area contributed by atoms with Gasteiger partial charge in [0.2, 0.25) is 0 Å². The molecule has 1 rings (SSSR count). The number of aromatic nitrogens is 1. The number of carboxylic acid groups (broad SMARTS) is 1. The third-order valence-electron chi connectivity index (χ3n) is 1.17. The highest BCUT2D eigenvalue weighted by atomic mass is 19.1. The average molecular weight is 159 g/mol. The smallest absolute Gasteiger partial charge is 0.311 e. The summed E-state index contributed by atoms with van der Waals surface area (Å²) in [7, 11) is 0. The van der Waals surface area contributed by atoms with Crippen LogP contribution in [0, 0.1) is 12.7 Å². The number of nitrogens with zero attached hydrogens (tertiary/aromatic N) is 1. The predicted molar refractivity (Wildman–Crippen MR) is 32.5 cm³/mol. The topological polar surface area (TPSA) is 63.3 Å². The molecule has 0 aliphatic rings. The zero-order chi connectivity index (χ0) is 8.43. The Labute approximate surface area is 61.6 Å². The van der Waals surface area contributed by atoms with Gasteiger partial charge in [-0.1, -0.05) is 5.16 Å². The number of carboxylic acids is 1. The summed E-state index contributed by atoms with van der Waals surface area (Å²) in [6.45, 7) is 1.41. The molecule has 5 heteroatoms. The molecule has 11 heavy (non-hydrogen) atoms. The average Bonchev–Trinajstić information content (AvgIpc) is 2.18. The fourth-order valence-electron chi connectivity index (χ4n) is 0.653. The van der Waals surface area contributed by atoms with Crippen molar-refractivity contribution in [3.63, 3.8) is 0 Å². The minimum atomic E-state index is -1.14. The van der Waals surface area contributed by atoms with Crippen LogP contribution < -0.4 is 0 Å². The predicted octanol–water partition coefficient (Wildman–Crippen LogP) is 0.749. The number of halogens is 1. The molecule has 60 valence electrons. The van der Waals surface area contributed by atoms with E-state index in [9.17, 15) is 9.18 Å². The second-order valence-electron chi connectivity index (χ2n) is 2.08. The summed E-state index contributed by atoms with van der Waals surface area (Å²) in [5.41, 5.74) is 0.0845. The van der Waals surface area contributed by atoms with Crippen LogP contribution in [0.3, 0.4) is 0 Å².